The van der Waals surface area contributed by atoms with E-state index in [9.17, 15) is 4.39 Å². The molecule has 1 aliphatic rings. The van der Waals surface area contributed by atoms with Gasteiger partial charge in [-0.15, -0.1) is 0 Å². The number of alkyl halides is 1. The minimum atomic E-state index is -0.624. The number of pyridine rings is 1. The maximum atomic E-state index is 13.1. The predicted octanol–water partition coefficient (Wildman–Crippen LogP) is 2.84. The van der Waals surface area contributed by atoms with Gasteiger partial charge in [-0.05, 0) is 37.0 Å². The first-order valence-corrected chi connectivity index (χ1v) is 6.63. The minimum absolute atomic E-state index is 0.624. The van der Waals surface area contributed by atoms with Crippen LogP contribution in [0.5, 0.6) is 0 Å². The number of piperidine rings is 1. The topological polar surface area (TPSA) is 20.5 Å². The molecule has 18 heavy (non-hydrogen) atoms. The van der Waals surface area contributed by atoms with Crippen molar-refractivity contribution in [3.8, 4) is 0 Å². The Kier molecular flexibility index (Phi) is 2.94. The zero-order valence-corrected chi connectivity index (χ0v) is 10.6. The van der Waals surface area contributed by atoms with Crippen LogP contribution >= 0.6 is 0 Å². The van der Waals surface area contributed by atoms with E-state index in [4.69, 9.17) is 0 Å². The average molecular weight is 247 g/mol. The van der Waals surface area contributed by atoms with Crippen LogP contribution in [0.4, 0.5) is 10.1 Å². The maximum absolute atomic E-state index is 13.1. The lowest BCUT2D eigenvalue weighted by Gasteiger charge is -2.30. The molecule has 0 unspecified atom stereocenters. The quantitative estimate of drug-likeness (QED) is 0.813. The summed E-state index contributed by atoms with van der Waals surface area (Å²) in [6, 6.07) is 4.23. The Morgan fingerprint density at radius 2 is 2.11 bits per heavy atom. The second-order valence-electron chi connectivity index (χ2n) is 4.90. The van der Waals surface area contributed by atoms with Gasteiger partial charge in [-0.1, -0.05) is 6.92 Å². The highest BCUT2D eigenvalue weighted by atomic mass is 19.1. The number of anilines is 1. The Bertz CT molecular complexity index is 541. The SMILES string of the molecule is CCc1cnn2cc(N3CCC(F)CC3)ccc12. The summed E-state index contributed by atoms with van der Waals surface area (Å²) >= 11 is 0. The number of halogens is 1. The summed E-state index contributed by atoms with van der Waals surface area (Å²) in [6.07, 6.45) is 5.62. The first-order chi connectivity index (χ1) is 8.78. The maximum Gasteiger partial charge on any atom is 0.103 e. The van der Waals surface area contributed by atoms with Gasteiger partial charge in [0.25, 0.3) is 0 Å². The lowest BCUT2D eigenvalue weighted by atomic mass is 10.1. The summed E-state index contributed by atoms with van der Waals surface area (Å²) < 4.78 is 15.1. The highest BCUT2D eigenvalue weighted by Crippen LogP contribution is 2.23. The average Bonchev–Trinajstić information content (AvgIpc) is 2.81. The lowest BCUT2D eigenvalue weighted by molar-refractivity contribution is 0.277. The molecule has 0 N–H and O–H groups in total. The molecule has 0 atom stereocenters. The van der Waals surface area contributed by atoms with E-state index in [1.807, 2.05) is 16.9 Å². The van der Waals surface area contributed by atoms with E-state index in [-0.39, 0.29) is 0 Å². The van der Waals surface area contributed by atoms with Gasteiger partial charge in [0.05, 0.1) is 23.6 Å². The molecule has 1 saturated heterocycles. The molecule has 3 rings (SSSR count). The zero-order valence-electron chi connectivity index (χ0n) is 10.6. The van der Waals surface area contributed by atoms with Gasteiger partial charge < -0.3 is 4.90 Å². The molecule has 0 bridgehead atoms. The van der Waals surface area contributed by atoms with Crippen molar-refractivity contribution in [2.75, 3.05) is 18.0 Å². The van der Waals surface area contributed by atoms with E-state index in [1.54, 1.807) is 0 Å². The molecule has 1 aliphatic heterocycles. The van der Waals surface area contributed by atoms with Crippen molar-refractivity contribution in [1.82, 2.24) is 9.61 Å². The highest BCUT2D eigenvalue weighted by molar-refractivity contribution is 5.59. The van der Waals surface area contributed by atoms with Gasteiger partial charge in [-0.2, -0.15) is 5.10 Å². The molecule has 0 aliphatic carbocycles. The van der Waals surface area contributed by atoms with Gasteiger partial charge in [-0.3, -0.25) is 0 Å². The number of nitrogens with zero attached hydrogens (tertiary/aromatic N) is 3. The van der Waals surface area contributed by atoms with Gasteiger partial charge in [-0.25, -0.2) is 8.91 Å². The smallest absolute Gasteiger partial charge is 0.103 e. The number of rotatable bonds is 2. The standard InChI is InChI=1S/C14H18FN3/c1-2-11-9-16-18-10-13(3-4-14(11)18)17-7-5-12(15)6-8-17/h3-4,9-10,12H,2,5-8H2,1H3. The summed E-state index contributed by atoms with van der Waals surface area (Å²) in [6.45, 7) is 3.74. The van der Waals surface area contributed by atoms with Gasteiger partial charge in [0, 0.05) is 13.1 Å². The van der Waals surface area contributed by atoms with E-state index < -0.39 is 6.17 Å². The normalized spacial score (nSPS) is 17.6. The summed E-state index contributed by atoms with van der Waals surface area (Å²) in [5.74, 6) is 0. The molecule has 2 aromatic rings. The fourth-order valence-corrected chi connectivity index (χ4v) is 2.59. The molecule has 0 radical (unpaired) electrons. The molecular formula is C14H18FN3. The molecule has 4 heteroatoms. The third-order valence-electron chi connectivity index (χ3n) is 3.75. The van der Waals surface area contributed by atoms with Crippen LogP contribution in [-0.4, -0.2) is 28.9 Å². The predicted molar refractivity (Wildman–Crippen MR) is 70.9 cm³/mol. The van der Waals surface area contributed by atoms with Crippen LogP contribution in [-0.2, 0) is 6.42 Å². The molecule has 0 aromatic carbocycles. The molecule has 3 heterocycles. The van der Waals surface area contributed by atoms with Crippen molar-refractivity contribution in [1.29, 1.82) is 0 Å². The third-order valence-corrected chi connectivity index (χ3v) is 3.75. The molecule has 0 amide bonds. The van der Waals surface area contributed by atoms with E-state index in [1.165, 1.54) is 11.1 Å². The largest absolute Gasteiger partial charge is 0.370 e. The highest BCUT2D eigenvalue weighted by Gasteiger charge is 2.19. The number of aryl methyl sites for hydroxylation is 1. The van der Waals surface area contributed by atoms with Crippen molar-refractivity contribution in [3.05, 3.63) is 30.1 Å². The second-order valence-corrected chi connectivity index (χ2v) is 4.90. The molecule has 1 fully saturated rings. The van der Waals surface area contributed by atoms with Crippen molar-refractivity contribution in [3.63, 3.8) is 0 Å². The summed E-state index contributed by atoms with van der Waals surface area (Å²) in [4.78, 5) is 2.24. The van der Waals surface area contributed by atoms with Crippen LogP contribution in [0.15, 0.2) is 24.5 Å². The zero-order chi connectivity index (χ0) is 12.5. The molecule has 2 aromatic heterocycles. The van der Waals surface area contributed by atoms with Gasteiger partial charge in [0.1, 0.15) is 6.17 Å². The fourth-order valence-electron chi connectivity index (χ4n) is 2.59. The second kappa shape index (κ2) is 4.59. The lowest BCUT2D eigenvalue weighted by Crippen LogP contribution is -2.34. The molecule has 3 nitrogen and oxygen atoms in total. The van der Waals surface area contributed by atoms with Crippen molar-refractivity contribution >= 4 is 11.2 Å². The van der Waals surface area contributed by atoms with Crippen LogP contribution in [0, 0.1) is 0 Å². The van der Waals surface area contributed by atoms with Gasteiger partial charge >= 0.3 is 0 Å². The van der Waals surface area contributed by atoms with E-state index in [0.717, 1.165) is 25.2 Å². The first kappa shape index (κ1) is 11.5. The minimum Gasteiger partial charge on any atom is -0.370 e. The summed E-state index contributed by atoms with van der Waals surface area (Å²) in [5, 5.41) is 4.38. The Labute approximate surface area is 106 Å². The Balaban J connectivity index is 1.89. The van der Waals surface area contributed by atoms with Crippen LogP contribution in [0.25, 0.3) is 5.52 Å². The van der Waals surface area contributed by atoms with E-state index >= 15 is 0 Å². The number of hydrogen-bond acceptors (Lipinski definition) is 2. The van der Waals surface area contributed by atoms with Crippen LogP contribution < -0.4 is 4.90 Å². The first-order valence-electron chi connectivity index (χ1n) is 6.63. The van der Waals surface area contributed by atoms with E-state index in [2.05, 4.69) is 29.1 Å². The van der Waals surface area contributed by atoms with Gasteiger partial charge in [0.15, 0.2) is 0 Å². The number of aromatic nitrogens is 2. The van der Waals surface area contributed by atoms with Crippen LogP contribution in [0.2, 0.25) is 0 Å². The number of fused-ring (bicyclic) bond motifs is 1. The van der Waals surface area contributed by atoms with Crippen molar-refractivity contribution in [2.24, 2.45) is 0 Å². The third kappa shape index (κ3) is 1.96. The molecular weight excluding hydrogens is 229 g/mol. The van der Waals surface area contributed by atoms with Crippen molar-refractivity contribution in [2.45, 2.75) is 32.4 Å². The van der Waals surface area contributed by atoms with Gasteiger partial charge in [0.2, 0.25) is 0 Å². The number of hydrogen-bond donors (Lipinski definition) is 0. The van der Waals surface area contributed by atoms with E-state index in [0.29, 0.717) is 12.8 Å². The Morgan fingerprint density at radius 3 is 2.83 bits per heavy atom. The monoisotopic (exact) mass is 247 g/mol. The fraction of sp³-hybridized carbons (Fsp3) is 0.500. The molecule has 0 spiro atoms. The molecule has 96 valence electrons. The Morgan fingerprint density at radius 1 is 1.33 bits per heavy atom. The Hall–Kier alpha value is -1.58. The summed E-state index contributed by atoms with van der Waals surface area (Å²) in [5.41, 5.74) is 3.57. The van der Waals surface area contributed by atoms with Crippen LogP contribution in [0.1, 0.15) is 25.3 Å². The summed E-state index contributed by atoms with van der Waals surface area (Å²) in [7, 11) is 0. The molecule has 0 saturated carbocycles. The van der Waals surface area contributed by atoms with Crippen LogP contribution in [0.3, 0.4) is 0 Å². The van der Waals surface area contributed by atoms with Crippen molar-refractivity contribution < 1.29 is 4.39 Å².